The zero-order valence-corrected chi connectivity index (χ0v) is 15.6. The van der Waals surface area contributed by atoms with Crippen LogP contribution >= 0.6 is 0 Å². The van der Waals surface area contributed by atoms with Crippen molar-refractivity contribution in [2.24, 2.45) is 0 Å². The fourth-order valence-corrected chi connectivity index (χ4v) is 5.74. The third kappa shape index (κ3) is 3.63. The average molecular weight is 361 g/mol. The highest BCUT2D eigenvalue weighted by molar-refractivity contribution is 7.89. The first-order valence-corrected chi connectivity index (χ1v) is 11.3. The van der Waals surface area contributed by atoms with E-state index >= 15 is 0 Å². The van der Waals surface area contributed by atoms with E-state index in [2.05, 4.69) is 9.71 Å². The highest BCUT2D eigenvalue weighted by Crippen LogP contribution is 2.30. The SMILES string of the molecule is O=S(=O)(NC1CCCCC1)c1ccc2[nH]c3c(c2c1)CCCCCC3. The molecule has 5 heteroatoms. The van der Waals surface area contributed by atoms with Gasteiger partial charge in [0, 0.05) is 22.6 Å². The van der Waals surface area contributed by atoms with Crippen molar-refractivity contribution in [2.75, 3.05) is 0 Å². The first-order chi connectivity index (χ1) is 12.1. The summed E-state index contributed by atoms with van der Waals surface area (Å²) in [4.78, 5) is 3.94. The smallest absolute Gasteiger partial charge is 0.240 e. The molecule has 0 unspecified atom stereocenters. The normalized spacial score (nSPS) is 20.2. The van der Waals surface area contributed by atoms with Gasteiger partial charge in [0.05, 0.1) is 4.90 Å². The van der Waals surface area contributed by atoms with Gasteiger partial charge in [0.15, 0.2) is 0 Å². The summed E-state index contributed by atoms with van der Waals surface area (Å²) >= 11 is 0. The van der Waals surface area contributed by atoms with Gasteiger partial charge in [-0.05, 0) is 62.3 Å². The van der Waals surface area contributed by atoms with Crippen LogP contribution in [0.2, 0.25) is 0 Å². The number of rotatable bonds is 3. The van der Waals surface area contributed by atoms with E-state index < -0.39 is 10.0 Å². The molecule has 1 heterocycles. The standard InChI is InChI=1S/C20H28N2O2S/c23-25(24,22-15-8-4-3-5-9-15)16-12-13-20-18(14-16)17-10-6-1-2-7-11-19(17)21-20/h12-15,21-22H,1-11H2. The second-order valence-corrected chi connectivity index (χ2v) is 9.37. The highest BCUT2D eigenvalue weighted by atomic mass is 32.2. The molecule has 1 saturated carbocycles. The van der Waals surface area contributed by atoms with Crippen molar-refractivity contribution in [3.8, 4) is 0 Å². The lowest BCUT2D eigenvalue weighted by Crippen LogP contribution is -2.36. The van der Waals surface area contributed by atoms with Crippen LogP contribution in [0.4, 0.5) is 0 Å². The number of aryl methyl sites for hydroxylation is 2. The second kappa shape index (κ2) is 7.12. The van der Waals surface area contributed by atoms with Crippen molar-refractivity contribution in [2.45, 2.75) is 81.6 Å². The molecule has 0 amide bonds. The molecule has 0 bridgehead atoms. The van der Waals surface area contributed by atoms with Gasteiger partial charge in [0.2, 0.25) is 10.0 Å². The maximum Gasteiger partial charge on any atom is 0.240 e. The topological polar surface area (TPSA) is 62.0 Å². The lowest BCUT2D eigenvalue weighted by atomic mass is 9.96. The van der Waals surface area contributed by atoms with E-state index in [0.717, 1.165) is 49.4 Å². The fraction of sp³-hybridized carbons (Fsp3) is 0.600. The number of sulfonamides is 1. The van der Waals surface area contributed by atoms with E-state index in [4.69, 9.17) is 0 Å². The molecule has 25 heavy (non-hydrogen) atoms. The molecule has 1 aromatic heterocycles. The van der Waals surface area contributed by atoms with Gasteiger partial charge in [-0.1, -0.05) is 32.1 Å². The van der Waals surface area contributed by atoms with E-state index in [0.29, 0.717) is 4.90 Å². The number of aromatic amines is 1. The fourth-order valence-electron chi connectivity index (χ4n) is 4.41. The van der Waals surface area contributed by atoms with Crippen LogP contribution in [0.15, 0.2) is 23.1 Å². The second-order valence-electron chi connectivity index (χ2n) is 7.66. The van der Waals surface area contributed by atoms with Crippen LogP contribution < -0.4 is 4.72 Å². The van der Waals surface area contributed by atoms with Gasteiger partial charge in [-0.3, -0.25) is 0 Å². The summed E-state index contributed by atoms with van der Waals surface area (Å²) in [6.45, 7) is 0. The molecule has 2 aliphatic rings. The maximum atomic E-state index is 12.8. The Labute approximate surface area is 150 Å². The molecule has 4 nitrogen and oxygen atoms in total. The number of fused-ring (bicyclic) bond motifs is 3. The van der Waals surface area contributed by atoms with E-state index in [1.807, 2.05) is 12.1 Å². The van der Waals surface area contributed by atoms with Gasteiger partial charge < -0.3 is 4.98 Å². The molecule has 0 saturated heterocycles. The van der Waals surface area contributed by atoms with Crippen molar-refractivity contribution in [1.82, 2.24) is 9.71 Å². The van der Waals surface area contributed by atoms with Crippen LogP contribution in [-0.2, 0) is 22.9 Å². The minimum atomic E-state index is -3.44. The van der Waals surface area contributed by atoms with Crippen molar-refractivity contribution in [3.05, 3.63) is 29.5 Å². The number of H-pyrrole nitrogens is 1. The van der Waals surface area contributed by atoms with E-state index in [1.165, 1.54) is 43.4 Å². The maximum absolute atomic E-state index is 12.8. The Hall–Kier alpha value is -1.33. The Bertz CT molecular complexity index is 848. The van der Waals surface area contributed by atoms with Crippen molar-refractivity contribution in [1.29, 1.82) is 0 Å². The van der Waals surface area contributed by atoms with Crippen molar-refractivity contribution in [3.63, 3.8) is 0 Å². The Morgan fingerprint density at radius 1 is 0.920 bits per heavy atom. The number of hydrogen-bond acceptors (Lipinski definition) is 2. The molecule has 2 aromatic rings. The molecule has 0 radical (unpaired) electrons. The van der Waals surface area contributed by atoms with Crippen LogP contribution in [0.3, 0.4) is 0 Å². The van der Waals surface area contributed by atoms with E-state index in [9.17, 15) is 8.42 Å². The Morgan fingerprint density at radius 2 is 1.64 bits per heavy atom. The molecule has 1 fully saturated rings. The number of nitrogens with one attached hydrogen (secondary N) is 2. The summed E-state index contributed by atoms with van der Waals surface area (Å²) in [5.74, 6) is 0. The van der Waals surface area contributed by atoms with Crippen LogP contribution in [0.1, 0.15) is 69.0 Å². The lowest BCUT2D eigenvalue weighted by Gasteiger charge is -2.22. The Morgan fingerprint density at radius 3 is 2.44 bits per heavy atom. The van der Waals surface area contributed by atoms with E-state index in [1.54, 1.807) is 6.07 Å². The quantitative estimate of drug-likeness (QED) is 0.850. The number of aromatic nitrogens is 1. The summed E-state index contributed by atoms with van der Waals surface area (Å²) in [6.07, 6.45) is 12.5. The third-order valence-electron chi connectivity index (χ3n) is 5.81. The molecule has 2 N–H and O–H groups in total. The Kier molecular flexibility index (Phi) is 4.87. The van der Waals surface area contributed by atoms with Crippen molar-refractivity contribution < 1.29 is 8.42 Å². The zero-order chi connectivity index (χ0) is 17.3. The monoisotopic (exact) mass is 360 g/mol. The summed E-state index contributed by atoms with van der Waals surface area (Å²) in [5.41, 5.74) is 3.72. The molecule has 0 atom stereocenters. The van der Waals surface area contributed by atoms with E-state index in [-0.39, 0.29) is 6.04 Å². The molecule has 2 aliphatic carbocycles. The first-order valence-electron chi connectivity index (χ1n) is 9.79. The molecule has 136 valence electrons. The zero-order valence-electron chi connectivity index (χ0n) is 14.8. The molecular weight excluding hydrogens is 332 g/mol. The van der Waals surface area contributed by atoms with Gasteiger partial charge in [-0.15, -0.1) is 0 Å². The van der Waals surface area contributed by atoms with Crippen LogP contribution in [0, 0.1) is 0 Å². The molecule has 4 rings (SSSR count). The van der Waals surface area contributed by atoms with Gasteiger partial charge >= 0.3 is 0 Å². The van der Waals surface area contributed by atoms with Gasteiger partial charge in [0.1, 0.15) is 0 Å². The van der Waals surface area contributed by atoms with Gasteiger partial charge in [0.25, 0.3) is 0 Å². The highest BCUT2D eigenvalue weighted by Gasteiger charge is 2.23. The summed E-state index contributed by atoms with van der Waals surface area (Å²) < 4.78 is 28.6. The third-order valence-corrected chi connectivity index (χ3v) is 7.33. The number of benzene rings is 1. The molecule has 0 spiro atoms. The predicted molar refractivity (Wildman–Crippen MR) is 101 cm³/mol. The van der Waals surface area contributed by atoms with Crippen molar-refractivity contribution >= 4 is 20.9 Å². The van der Waals surface area contributed by atoms with Gasteiger partial charge in [-0.25, -0.2) is 13.1 Å². The van der Waals surface area contributed by atoms with Gasteiger partial charge in [-0.2, -0.15) is 0 Å². The average Bonchev–Trinajstić information content (AvgIpc) is 2.91. The predicted octanol–water partition coefficient (Wildman–Crippen LogP) is 4.44. The molecule has 1 aromatic carbocycles. The summed E-state index contributed by atoms with van der Waals surface area (Å²) in [6, 6.07) is 5.67. The minimum Gasteiger partial charge on any atom is -0.358 e. The lowest BCUT2D eigenvalue weighted by molar-refractivity contribution is 0.412. The molecule has 0 aliphatic heterocycles. The van der Waals surface area contributed by atoms with Crippen LogP contribution in [-0.4, -0.2) is 19.4 Å². The summed E-state index contributed by atoms with van der Waals surface area (Å²) in [5, 5.41) is 1.10. The van der Waals surface area contributed by atoms with Crippen LogP contribution in [0.25, 0.3) is 10.9 Å². The Balaban J connectivity index is 1.66. The number of hydrogen-bond donors (Lipinski definition) is 2. The van der Waals surface area contributed by atoms with Crippen LogP contribution in [0.5, 0.6) is 0 Å². The largest absolute Gasteiger partial charge is 0.358 e. The summed E-state index contributed by atoms with van der Waals surface area (Å²) in [7, 11) is -3.44. The molecular formula is C20H28N2O2S. The minimum absolute atomic E-state index is 0.0984. The first kappa shape index (κ1) is 17.1.